The molecule has 68 valence electrons. The Labute approximate surface area is 84.5 Å². The van der Waals surface area contributed by atoms with Gasteiger partial charge in [-0.2, -0.15) is 5.26 Å². The van der Waals surface area contributed by atoms with Crippen LogP contribution in [-0.2, 0) is 6.54 Å². The Kier molecular flexibility index (Phi) is 4.58. The van der Waals surface area contributed by atoms with Crippen molar-refractivity contribution in [2.24, 2.45) is 0 Å². The van der Waals surface area contributed by atoms with E-state index in [1.54, 1.807) is 10.8 Å². The lowest BCUT2D eigenvalue weighted by molar-refractivity contribution is -0.680. The van der Waals surface area contributed by atoms with Gasteiger partial charge in [0.25, 0.3) is 0 Å². The zero-order valence-corrected chi connectivity index (χ0v) is 9.02. The van der Waals surface area contributed by atoms with Gasteiger partial charge in [-0.15, -0.1) is 0 Å². The topological polar surface area (TPSA) is 27.7 Å². The van der Waals surface area contributed by atoms with Gasteiger partial charge in [-0.25, -0.2) is 4.57 Å². The van der Waals surface area contributed by atoms with E-state index >= 15 is 0 Å². The van der Waals surface area contributed by atoms with Crippen LogP contribution in [0.25, 0.3) is 0 Å². The van der Waals surface area contributed by atoms with Gasteiger partial charge < -0.3 is 0 Å². The predicted molar refractivity (Wildman–Crippen MR) is 59.4 cm³/mol. The number of nitrogens with zero attached hydrogens (tertiary/aromatic N) is 2. The third kappa shape index (κ3) is 3.62. The summed E-state index contributed by atoms with van der Waals surface area (Å²) < 4.78 is 2.05. The van der Waals surface area contributed by atoms with E-state index in [0.717, 1.165) is 6.54 Å². The number of nitriles is 1. The van der Waals surface area contributed by atoms with Crippen LogP contribution in [0.15, 0.2) is 30.6 Å². The average Bonchev–Trinajstić information content (AvgIpc) is 2.21. The third-order valence-electron chi connectivity index (χ3n) is 1.48. The SMILES string of the molecule is CSS(C#N)=CC[n+]1ccccc1. The van der Waals surface area contributed by atoms with Gasteiger partial charge in [-0.3, -0.25) is 0 Å². The van der Waals surface area contributed by atoms with E-state index in [4.69, 9.17) is 5.26 Å². The van der Waals surface area contributed by atoms with Crippen molar-refractivity contribution in [3.8, 4) is 5.40 Å². The number of aromatic nitrogens is 1. The van der Waals surface area contributed by atoms with E-state index in [1.165, 1.54) is 0 Å². The lowest BCUT2D eigenvalue weighted by Gasteiger charge is -1.92. The molecule has 0 aliphatic carbocycles. The summed E-state index contributed by atoms with van der Waals surface area (Å²) in [6, 6.07) is 5.95. The van der Waals surface area contributed by atoms with Crippen molar-refractivity contribution < 1.29 is 4.57 Å². The second-order valence-corrected chi connectivity index (χ2v) is 5.82. The minimum Gasteiger partial charge on any atom is -0.201 e. The summed E-state index contributed by atoms with van der Waals surface area (Å²) in [5.74, 6) is 0. The van der Waals surface area contributed by atoms with E-state index < -0.39 is 0 Å². The van der Waals surface area contributed by atoms with Crippen molar-refractivity contribution in [1.82, 2.24) is 0 Å². The smallest absolute Gasteiger partial charge is 0.173 e. The minimum atomic E-state index is -0.263. The number of hydrogen-bond acceptors (Lipinski definition) is 2. The molecule has 0 fully saturated rings. The molecule has 13 heavy (non-hydrogen) atoms. The van der Waals surface area contributed by atoms with Gasteiger partial charge in [0.1, 0.15) is 5.40 Å². The molecule has 0 aliphatic heterocycles. The number of rotatable bonds is 3. The van der Waals surface area contributed by atoms with Crippen molar-refractivity contribution in [2.45, 2.75) is 6.54 Å². The highest BCUT2D eigenvalue weighted by Gasteiger charge is 1.95. The first-order chi connectivity index (χ1) is 6.36. The van der Waals surface area contributed by atoms with Crippen molar-refractivity contribution in [2.75, 3.05) is 6.26 Å². The van der Waals surface area contributed by atoms with E-state index in [-0.39, 0.29) is 9.52 Å². The maximum absolute atomic E-state index is 8.71. The van der Waals surface area contributed by atoms with Crippen LogP contribution < -0.4 is 4.57 Å². The van der Waals surface area contributed by atoms with Crippen LogP contribution in [0.5, 0.6) is 0 Å². The molecule has 0 amide bonds. The van der Waals surface area contributed by atoms with Crippen LogP contribution >= 0.6 is 20.3 Å². The Hall–Kier alpha value is -0.790. The van der Waals surface area contributed by atoms with Gasteiger partial charge in [0.2, 0.25) is 0 Å². The third-order valence-corrected chi connectivity index (χ3v) is 4.18. The number of hydrogen-bond donors (Lipinski definition) is 0. The summed E-state index contributed by atoms with van der Waals surface area (Å²) in [6.45, 7) is 0.804. The summed E-state index contributed by atoms with van der Waals surface area (Å²) in [6.07, 6.45) is 5.95. The van der Waals surface area contributed by atoms with Gasteiger partial charge in [-0.05, 0) is 15.8 Å². The Morgan fingerprint density at radius 1 is 1.46 bits per heavy atom. The molecule has 0 aromatic carbocycles. The van der Waals surface area contributed by atoms with Gasteiger partial charge in [0.05, 0.1) is 0 Å². The highest BCUT2D eigenvalue weighted by Crippen LogP contribution is 2.24. The fourth-order valence-corrected chi connectivity index (χ4v) is 2.26. The lowest BCUT2D eigenvalue weighted by atomic mass is 10.5. The Morgan fingerprint density at radius 3 is 2.69 bits per heavy atom. The molecule has 1 unspecified atom stereocenters. The van der Waals surface area contributed by atoms with Crippen LogP contribution in [-0.4, -0.2) is 11.6 Å². The molecule has 1 aromatic rings. The van der Waals surface area contributed by atoms with Gasteiger partial charge in [0.15, 0.2) is 18.9 Å². The molecule has 0 N–H and O–H groups in total. The molecule has 1 aromatic heterocycles. The van der Waals surface area contributed by atoms with E-state index in [9.17, 15) is 0 Å². The fourth-order valence-electron chi connectivity index (χ4n) is 0.852. The largest absolute Gasteiger partial charge is 0.201 e. The summed E-state index contributed by atoms with van der Waals surface area (Å²) in [5, 5.41) is 13.0. The zero-order valence-electron chi connectivity index (χ0n) is 7.38. The first-order valence-corrected chi connectivity index (χ1v) is 6.84. The molecule has 0 aliphatic rings. The van der Waals surface area contributed by atoms with Gasteiger partial charge in [-0.1, -0.05) is 16.9 Å². The lowest BCUT2D eigenvalue weighted by Crippen LogP contribution is -2.32. The molecule has 0 saturated carbocycles. The molecule has 0 saturated heterocycles. The summed E-state index contributed by atoms with van der Waals surface area (Å²) in [7, 11) is 1.32. The van der Waals surface area contributed by atoms with Crippen LogP contribution in [0.3, 0.4) is 0 Å². The van der Waals surface area contributed by atoms with Crippen LogP contribution in [0.1, 0.15) is 0 Å². The van der Waals surface area contributed by atoms with E-state index in [2.05, 4.69) is 5.40 Å². The summed E-state index contributed by atoms with van der Waals surface area (Å²) >= 11 is 0. The highest BCUT2D eigenvalue weighted by atomic mass is 33.1. The van der Waals surface area contributed by atoms with E-state index in [0.29, 0.717) is 0 Å². The van der Waals surface area contributed by atoms with Crippen molar-refractivity contribution in [3.63, 3.8) is 0 Å². The molecule has 2 nitrogen and oxygen atoms in total. The fraction of sp³-hybridized carbons (Fsp3) is 0.222. The van der Waals surface area contributed by atoms with Crippen LogP contribution in [0.4, 0.5) is 0 Å². The molecule has 4 heteroatoms. The predicted octanol–water partition coefficient (Wildman–Crippen LogP) is 1.80. The number of pyridine rings is 1. The molecule has 1 heterocycles. The van der Waals surface area contributed by atoms with Crippen molar-refractivity contribution in [1.29, 1.82) is 5.26 Å². The number of thiocyanates is 1. The quantitative estimate of drug-likeness (QED) is 0.330. The standard InChI is InChI=1S/C9H11N2S2/c1-12-13(9-10)8-7-11-5-3-2-4-6-11/h2-6,8H,7H2,1H3/q+1. The summed E-state index contributed by atoms with van der Waals surface area (Å²) in [4.78, 5) is 0. The van der Waals surface area contributed by atoms with Crippen LogP contribution in [0.2, 0.25) is 0 Å². The molecule has 0 radical (unpaired) electrons. The minimum absolute atomic E-state index is 0.263. The maximum atomic E-state index is 8.71. The zero-order chi connectivity index (χ0) is 9.52. The second kappa shape index (κ2) is 5.79. The van der Waals surface area contributed by atoms with Gasteiger partial charge in [0, 0.05) is 17.5 Å². The Bertz CT molecular complexity index is 327. The molecule has 1 atom stereocenters. The molecule has 0 spiro atoms. The molecular weight excluding hydrogens is 200 g/mol. The molecular formula is C9H11N2S2+. The van der Waals surface area contributed by atoms with Crippen molar-refractivity contribution >= 4 is 25.7 Å². The van der Waals surface area contributed by atoms with Crippen LogP contribution in [0, 0.1) is 10.7 Å². The van der Waals surface area contributed by atoms with Gasteiger partial charge >= 0.3 is 0 Å². The first-order valence-electron chi connectivity index (χ1n) is 3.81. The Morgan fingerprint density at radius 2 is 2.15 bits per heavy atom. The maximum Gasteiger partial charge on any atom is 0.173 e. The second-order valence-electron chi connectivity index (χ2n) is 2.29. The normalized spacial score (nSPS) is 12.3. The first kappa shape index (κ1) is 10.3. The van der Waals surface area contributed by atoms with Crippen molar-refractivity contribution in [3.05, 3.63) is 30.6 Å². The average molecular weight is 211 g/mol. The summed E-state index contributed by atoms with van der Waals surface area (Å²) in [5.41, 5.74) is 0. The van der Waals surface area contributed by atoms with E-state index in [1.807, 2.05) is 46.8 Å². The Balaban J connectivity index is 2.62. The monoisotopic (exact) mass is 211 g/mol. The molecule has 0 bridgehead atoms. The molecule has 1 rings (SSSR count). The highest BCUT2D eigenvalue weighted by molar-refractivity contribution is 8.85.